The Labute approximate surface area is 179 Å². The van der Waals surface area contributed by atoms with Gasteiger partial charge in [0.1, 0.15) is 11.3 Å². The zero-order chi connectivity index (χ0) is 20.8. The van der Waals surface area contributed by atoms with Gasteiger partial charge >= 0.3 is 0 Å². The molecule has 0 spiro atoms. The van der Waals surface area contributed by atoms with E-state index in [0.717, 1.165) is 52.2 Å². The average Bonchev–Trinajstić information content (AvgIpc) is 3.43. The van der Waals surface area contributed by atoms with E-state index in [9.17, 15) is 0 Å². The molecule has 1 aliphatic carbocycles. The number of fused-ring (bicyclic) bond motifs is 2. The van der Waals surface area contributed by atoms with Crippen molar-refractivity contribution in [1.29, 1.82) is 0 Å². The summed E-state index contributed by atoms with van der Waals surface area (Å²) in [6, 6.07) is 16.5. The summed E-state index contributed by atoms with van der Waals surface area (Å²) in [7, 11) is 0. The second-order valence-electron chi connectivity index (χ2n) is 7.82. The lowest BCUT2D eigenvalue weighted by Crippen LogP contribution is -2.02. The summed E-state index contributed by atoms with van der Waals surface area (Å²) in [6.07, 6.45) is 10.6. The van der Waals surface area contributed by atoms with Crippen molar-refractivity contribution < 1.29 is 0 Å². The second-order valence-corrected chi connectivity index (χ2v) is 7.82. The number of nitrogens with two attached hydrogens (primary N) is 1. The Morgan fingerprint density at radius 1 is 0.839 bits per heavy atom. The number of nitrogen functional groups attached to an aromatic ring is 1. The van der Waals surface area contributed by atoms with E-state index in [1.165, 1.54) is 17.5 Å². The van der Waals surface area contributed by atoms with Crippen molar-refractivity contribution in [2.75, 3.05) is 5.73 Å². The van der Waals surface area contributed by atoms with Gasteiger partial charge in [0.2, 0.25) is 0 Å². The Morgan fingerprint density at radius 2 is 1.71 bits per heavy atom. The number of hydrogen-bond donors (Lipinski definition) is 1. The number of aryl methyl sites for hydroxylation is 2. The number of anilines is 1. The second kappa shape index (κ2) is 7.02. The predicted molar refractivity (Wildman–Crippen MR) is 122 cm³/mol. The molecule has 4 heterocycles. The fourth-order valence-corrected chi connectivity index (χ4v) is 4.40. The number of imidazole rings is 1. The molecule has 1 aromatic carbocycles. The van der Waals surface area contributed by atoms with E-state index in [0.29, 0.717) is 5.82 Å². The molecule has 6 rings (SSSR count). The largest absolute Gasteiger partial charge is 0.383 e. The lowest BCUT2D eigenvalue weighted by molar-refractivity contribution is 0.911. The molecule has 0 saturated carbocycles. The number of benzene rings is 1. The van der Waals surface area contributed by atoms with Crippen molar-refractivity contribution in [2.24, 2.45) is 0 Å². The van der Waals surface area contributed by atoms with Gasteiger partial charge in [-0.1, -0.05) is 6.07 Å². The predicted octanol–water partition coefficient (Wildman–Crippen LogP) is 4.62. The summed E-state index contributed by atoms with van der Waals surface area (Å²) in [5.74, 6) is 1.20. The van der Waals surface area contributed by atoms with Gasteiger partial charge in [0, 0.05) is 36.0 Å². The highest BCUT2D eigenvalue weighted by Gasteiger charge is 2.20. The van der Waals surface area contributed by atoms with Crippen LogP contribution in [0.1, 0.15) is 17.5 Å². The highest BCUT2D eigenvalue weighted by atomic mass is 15.1. The normalized spacial score (nSPS) is 12.9. The molecule has 4 aromatic heterocycles. The van der Waals surface area contributed by atoms with Crippen LogP contribution in [0.15, 0.2) is 73.3 Å². The van der Waals surface area contributed by atoms with Crippen LogP contribution in [0.4, 0.5) is 5.82 Å². The van der Waals surface area contributed by atoms with Crippen LogP contribution in [0, 0.1) is 0 Å². The highest BCUT2D eigenvalue weighted by Crippen LogP contribution is 2.33. The maximum Gasteiger partial charge on any atom is 0.164 e. The van der Waals surface area contributed by atoms with Gasteiger partial charge in [0.25, 0.3) is 0 Å². The SMILES string of the molecule is Nc1ncccc1-c1nc2cc(-c3ccncc3)cnc2n1-c1ccc2c(c1)CCC2. The average molecular weight is 404 g/mol. The minimum atomic E-state index is 0.453. The Kier molecular flexibility index (Phi) is 4.02. The van der Waals surface area contributed by atoms with E-state index in [4.69, 9.17) is 15.7 Å². The first-order chi connectivity index (χ1) is 15.3. The van der Waals surface area contributed by atoms with Gasteiger partial charge in [-0.3, -0.25) is 9.55 Å². The van der Waals surface area contributed by atoms with E-state index < -0.39 is 0 Å². The zero-order valence-electron chi connectivity index (χ0n) is 16.9. The molecule has 0 bridgehead atoms. The van der Waals surface area contributed by atoms with Gasteiger partial charge < -0.3 is 5.73 Å². The first-order valence-corrected chi connectivity index (χ1v) is 10.4. The third kappa shape index (κ3) is 2.95. The van der Waals surface area contributed by atoms with E-state index in [-0.39, 0.29) is 0 Å². The standard InChI is InChI=1S/C25H20N6/c26-23-21(5-2-10-28-23)24-30-22-14-19(17-8-11-27-12-9-17)15-29-25(22)31(24)20-7-6-16-3-1-4-18(16)13-20/h2,5-15H,1,3-4H2,(H2,26,28). The molecule has 1 aliphatic rings. The first-order valence-electron chi connectivity index (χ1n) is 10.4. The Morgan fingerprint density at radius 3 is 2.58 bits per heavy atom. The molecule has 150 valence electrons. The van der Waals surface area contributed by atoms with Crippen molar-refractivity contribution in [2.45, 2.75) is 19.3 Å². The minimum absolute atomic E-state index is 0.453. The van der Waals surface area contributed by atoms with Crippen LogP contribution in [0.5, 0.6) is 0 Å². The molecule has 6 heteroatoms. The van der Waals surface area contributed by atoms with Gasteiger partial charge in [-0.2, -0.15) is 0 Å². The van der Waals surface area contributed by atoms with Crippen molar-refractivity contribution in [1.82, 2.24) is 24.5 Å². The van der Waals surface area contributed by atoms with Crippen LogP contribution in [0.25, 0.3) is 39.4 Å². The molecular weight excluding hydrogens is 384 g/mol. The number of hydrogen-bond acceptors (Lipinski definition) is 5. The summed E-state index contributed by atoms with van der Waals surface area (Å²) in [5.41, 5.74) is 14.6. The molecule has 0 unspecified atom stereocenters. The summed E-state index contributed by atoms with van der Waals surface area (Å²) in [5, 5.41) is 0. The van der Waals surface area contributed by atoms with Crippen LogP contribution >= 0.6 is 0 Å². The highest BCUT2D eigenvalue weighted by molar-refractivity contribution is 5.85. The van der Waals surface area contributed by atoms with Crippen LogP contribution in [-0.2, 0) is 12.8 Å². The molecule has 2 N–H and O–H groups in total. The molecule has 0 atom stereocenters. The summed E-state index contributed by atoms with van der Waals surface area (Å²) in [6.45, 7) is 0. The Bertz CT molecular complexity index is 1420. The van der Waals surface area contributed by atoms with Crippen LogP contribution in [0.2, 0.25) is 0 Å². The molecule has 0 amide bonds. The smallest absolute Gasteiger partial charge is 0.164 e. The molecule has 0 fully saturated rings. The Balaban J connectivity index is 1.61. The fraction of sp³-hybridized carbons (Fsp3) is 0.120. The van der Waals surface area contributed by atoms with E-state index >= 15 is 0 Å². The number of nitrogens with zero attached hydrogens (tertiary/aromatic N) is 5. The van der Waals surface area contributed by atoms with Crippen molar-refractivity contribution in [3.8, 4) is 28.2 Å². The number of pyridine rings is 3. The third-order valence-electron chi connectivity index (χ3n) is 5.93. The fourth-order valence-electron chi connectivity index (χ4n) is 4.40. The third-order valence-corrected chi connectivity index (χ3v) is 5.93. The number of aromatic nitrogens is 5. The van der Waals surface area contributed by atoms with Crippen molar-refractivity contribution >= 4 is 17.0 Å². The molecular formula is C25H20N6. The quantitative estimate of drug-likeness (QED) is 0.475. The summed E-state index contributed by atoms with van der Waals surface area (Å²) >= 11 is 0. The van der Waals surface area contributed by atoms with E-state index in [1.54, 1.807) is 18.6 Å². The van der Waals surface area contributed by atoms with Crippen molar-refractivity contribution in [3.63, 3.8) is 0 Å². The zero-order valence-corrected chi connectivity index (χ0v) is 16.9. The van der Waals surface area contributed by atoms with Gasteiger partial charge in [0.05, 0.1) is 5.56 Å². The molecule has 0 radical (unpaired) electrons. The maximum absolute atomic E-state index is 6.24. The van der Waals surface area contributed by atoms with Crippen molar-refractivity contribution in [3.05, 3.63) is 84.4 Å². The molecule has 31 heavy (non-hydrogen) atoms. The molecule has 6 nitrogen and oxygen atoms in total. The van der Waals surface area contributed by atoms with Gasteiger partial charge in [-0.25, -0.2) is 15.0 Å². The van der Waals surface area contributed by atoms with E-state index in [2.05, 4.69) is 38.8 Å². The van der Waals surface area contributed by atoms with Crippen LogP contribution in [0.3, 0.4) is 0 Å². The lowest BCUT2D eigenvalue weighted by atomic mass is 10.1. The lowest BCUT2D eigenvalue weighted by Gasteiger charge is -2.12. The van der Waals surface area contributed by atoms with Crippen LogP contribution in [-0.4, -0.2) is 24.5 Å². The van der Waals surface area contributed by atoms with Gasteiger partial charge in [-0.05, 0) is 78.4 Å². The van der Waals surface area contributed by atoms with Gasteiger partial charge in [-0.15, -0.1) is 0 Å². The van der Waals surface area contributed by atoms with Gasteiger partial charge in [0.15, 0.2) is 11.5 Å². The van der Waals surface area contributed by atoms with E-state index in [1.807, 2.05) is 30.5 Å². The number of rotatable bonds is 3. The molecule has 0 saturated heterocycles. The topological polar surface area (TPSA) is 82.5 Å². The monoisotopic (exact) mass is 404 g/mol. The molecule has 5 aromatic rings. The minimum Gasteiger partial charge on any atom is -0.383 e. The summed E-state index contributed by atoms with van der Waals surface area (Å²) < 4.78 is 2.09. The summed E-state index contributed by atoms with van der Waals surface area (Å²) in [4.78, 5) is 18.2. The molecule has 0 aliphatic heterocycles. The van der Waals surface area contributed by atoms with Crippen LogP contribution < -0.4 is 5.73 Å². The first kappa shape index (κ1) is 17.8. The maximum atomic E-state index is 6.24. The Hall–Kier alpha value is -4.06.